The fourth-order valence-corrected chi connectivity index (χ4v) is 4.43. The molecule has 2 aromatic carbocycles. The number of ether oxygens (including phenoxy) is 1. The van der Waals surface area contributed by atoms with E-state index in [9.17, 15) is 13.2 Å². The van der Waals surface area contributed by atoms with Crippen molar-refractivity contribution in [2.24, 2.45) is 0 Å². The predicted octanol–water partition coefficient (Wildman–Crippen LogP) is 4.08. The Morgan fingerprint density at radius 3 is 2.34 bits per heavy atom. The molecule has 0 aromatic heterocycles. The number of hydrogen-bond acceptors (Lipinski definition) is 4. The summed E-state index contributed by atoms with van der Waals surface area (Å²) in [6, 6.07) is 11.1. The van der Waals surface area contributed by atoms with Gasteiger partial charge in [-0.05, 0) is 63.1 Å². The average Bonchev–Trinajstić information content (AvgIpc) is 2.64. The van der Waals surface area contributed by atoms with Crippen LogP contribution in [0.15, 0.2) is 42.5 Å². The van der Waals surface area contributed by atoms with Crippen molar-refractivity contribution in [2.75, 3.05) is 17.2 Å². The molecule has 0 bridgehead atoms. The topological polar surface area (TPSA) is 75.7 Å². The largest absolute Gasteiger partial charge is 0.494 e. The highest BCUT2D eigenvalue weighted by Gasteiger charge is 2.31. The van der Waals surface area contributed by atoms with E-state index in [4.69, 9.17) is 16.3 Å². The smallest absolute Gasteiger partial charge is 0.244 e. The van der Waals surface area contributed by atoms with E-state index >= 15 is 0 Å². The first-order valence-corrected chi connectivity index (χ1v) is 11.6. The van der Waals surface area contributed by atoms with E-state index in [2.05, 4.69) is 5.32 Å². The third-order valence-corrected chi connectivity index (χ3v) is 6.01. The maximum atomic E-state index is 12.9. The van der Waals surface area contributed by atoms with E-state index in [0.29, 0.717) is 22.9 Å². The minimum absolute atomic E-state index is 0.303. The molecule has 0 spiro atoms. The summed E-state index contributed by atoms with van der Waals surface area (Å²) in [5.74, 6) is 0.346. The van der Waals surface area contributed by atoms with Crippen molar-refractivity contribution < 1.29 is 17.9 Å². The lowest BCUT2D eigenvalue weighted by Gasteiger charge is -2.30. The van der Waals surface area contributed by atoms with Gasteiger partial charge in [-0.2, -0.15) is 0 Å². The molecule has 1 N–H and O–H groups in total. The van der Waals surface area contributed by atoms with Gasteiger partial charge in [0.1, 0.15) is 11.8 Å². The van der Waals surface area contributed by atoms with Crippen LogP contribution in [0.5, 0.6) is 5.75 Å². The highest BCUT2D eigenvalue weighted by atomic mass is 35.5. The SMILES string of the molecule is CCOc1ccc([C@H](C)NC(=O)[C@H](C)N(c2cc(Cl)ccc2C)S(C)(=O)=O)cc1. The Morgan fingerprint density at radius 1 is 1.17 bits per heavy atom. The number of aryl methyl sites for hydroxylation is 1. The number of halogens is 1. The van der Waals surface area contributed by atoms with Gasteiger partial charge < -0.3 is 10.1 Å². The van der Waals surface area contributed by atoms with E-state index in [1.54, 1.807) is 32.0 Å². The fourth-order valence-electron chi connectivity index (χ4n) is 3.04. The Labute approximate surface area is 177 Å². The Hall–Kier alpha value is -2.25. The highest BCUT2D eigenvalue weighted by Crippen LogP contribution is 2.28. The number of nitrogens with zero attached hydrogens (tertiary/aromatic N) is 1. The van der Waals surface area contributed by atoms with Crippen LogP contribution < -0.4 is 14.4 Å². The van der Waals surface area contributed by atoms with E-state index < -0.39 is 22.0 Å². The lowest BCUT2D eigenvalue weighted by molar-refractivity contribution is -0.122. The van der Waals surface area contributed by atoms with Gasteiger partial charge in [-0.25, -0.2) is 8.42 Å². The summed E-state index contributed by atoms with van der Waals surface area (Å²) >= 11 is 6.06. The summed E-state index contributed by atoms with van der Waals surface area (Å²) in [5, 5.41) is 3.28. The van der Waals surface area contributed by atoms with Gasteiger partial charge >= 0.3 is 0 Å². The van der Waals surface area contributed by atoms with Gasteiger partial charge in [-0.3, -0.25) is 9.10 Å². The van der Waals surface area contributed by atoms with Crippen molar-refractivity contribution in [1.82, 2.24) is 5.32 Å². The molecule has 2 atom stereocenters. The van der Waals surface area contributed by atoms with Gasteiger partial charge in [0, 0.05) is 5.02 Å². The standard InChI is InChI=1S/C21H27ClN2O4S/c1-6-28-19-11-8-17(9-12-19)15(3)23-21(25)16(4)24(29(5,26)27)20-13-18(22)10-7-14(20)2/h7-13,15-16H,6H2,1-5H3,(H,23,25)/t15-,16-/m0/s1. The predicted molar refractivity (Wildman–Crippen MR) is 117 cm³/mol. The van der Waals surface area contributed by atoms with Crippen molar-refractivity contribution in [3.63, 3.8) is 0 Å². The number of rotatable bonds is 8. The summed E-state index contributed by atoms with van der Waals surface area (Å²) in [5.41, 5.74) is 1.98. The number of carbonyl (C=O) groups is 1. The minimum Gasteiger partial charge on any atom is -0.494 e. The Bertz CT molecular complexity index is 961. The second-order valence-corrected chi connectivity index (χ2v) is 9.19. The molecule has 2 rings (SSSR count). The number of benzene rings is 2. The van der Waals surface area contributed by atoms with Crippen LogP contribution in [0.4, 0.5) is 5.69 Å². The second kappa shape index (κ2) is 9.50. The van der Waals surface area contributed by atoms with Crippen LogP contribution in [0.2, 0.25) is 5.02 Å². The van der Waals surface area contributed by atoms with Crippen molar-refractivity contribution in [2.45, 2.75) is 39.8 Å². The molecule has 0 unspecified atom stereocenters. The molecule has 2 aromatic rings. The molecule has 0 heterocycles. The molecular weight excluding hydrogens is 412 g/mol. The van der Waals surface area contributed by atoms with E-state index in [1.165, 1.54) is 0 Å². The molecule has 0 saturated heterocycles. The molecule has 0 radical (unpaired) electrons. The van der Waals surface area contributed by atoms with Gasteiger partial charge in [0.05, 0.1) is 24.6 Å². The van der Waals surface area contributed by atoms with Gasteiger partial charge in [0.2, 0.25) is 15.9 Å². The fraction of sp³-hybridized carbons (Fsp3) is 0.381. The number of amides is 1. The molecule has 29 heavy (non-hydrogen) atoms. The number of nitrogens with one attached hydrogen (secondary N) is 1. The molecule has 0 aliphatic rings. The van der Waals surface area contributed by atoms with Crippen LogP contribution in [0.25, 0.3) is 0 Å². The number of sulfonamides is 1. The third kappa shape index (κ3) is 5.87. The molecule has 6 nitrogen and oxygen atoms in total. The molecular formula is C21H27ClN2O4S. The second-order valence-electron chi connectivity index (χ2n) is 6.90. The highest BCUT2D eigenvalue weighted by molar-refractivity contribution is 7.92. The number of anilines is 1. The Kier molecular flexibility index (Phi) is 7.54. The van der Waals surface area contributed by atoms with Crippen molar-refractivity contribution in [1.29, 1.82) is 0 Å². The average molecular weight is 439 g/mol. The molecule has 1 amide bonds. The lowest BCUT2D eigenvalue weighted by atomic mass is 10.1. The molecule has 8 heteroatoms. The summed E-state index contributed by atoms with van der Waals surface area (Å²) in [7, 11) is -3.72. The van der Waals surface area contributed by atoms with Gasteiger partial charge in [-0.1, -0.05) is 29.8 Å². The minimum atomic E-state index is -3.72. The molecule has 0 aliphatic carbocycles. The van der Waals surface area contributed by atoms with E-state index in [0.717, 1.165) is 21.9 Å². The first kappa shape index (κ1) is 23.0. The Balaban J connectivity index is 2.24. The summed E-state index contributed by atoms with van der Waals surface area (Å²) in [4.78, 5) is 12.9. The van der Waals surface area contributed by atoms with Crippen molar-refractivity contribution >= 4 is 33.2 Å². The third-order valence-electron chi connectivity index (χ3n) is 4.55. The van der Waals surface area contributed by atoms with Crippen LogP contribution in [0.1, 0.15) is 37.9 Å². The first-order chi connectivity index (χ1) is 13.5. The zero-order valence-corrected chi connectivity index (χ0v) is 18.8. The van der Waals surface area contributed by atoms with Gasteiger partial charge in [-0.15, -0.1) is 0 Å². The maximum absolute atomic E-state index is 12.9. The molecule has 0 saturated carbocycles. The van der Waals surface area contributed by atoms with Crippen LogP contribution in [0.3, 0.4) is 0 Å². The van der Waals surface area contributed by atoms with Crippen LogP contribution >= 0.6 is 11.6 Å². The maximum Gasteiger partial charge on any atom is 0.244 e. The van der Waals surface area contributed by atoms with Gasteiger partial charge in [0.25, 0.3) is 0 Å². The monoisotopic (exact) mass is 438 g/mol. The summed E-state index contributed by atoms with van der Waals surface area (Å²) in [6.45, 7) is 7.66. The van der Waals surface area contributed by atoms with Crippen molar-refractivity contribution in [3.05, 3.63) is 58.6 Å². The molecule has 0 fully saturated rings. The quantitative estimate of drug-likeness (QED) is 0.673. The normalized spacial score (nSPS) is 13.4. The van der Waals surface area contributed by atoms with Crippen LogP contribution in [-0.2, 0) is 14.8 Å². The van der Waals surface area contributed by atoms with Gasteiger partial charge in [0.15, 0.2) is 0 Å². The van der Waals surface area contributed by atoms with Crippen LogP contribution in [0, 0.1) is 6.92 Å². The number of hydrogen-bond donors (Lipinski definition) is 1. The van der Waals surface area contributed by atoms with Crippen molar-refractivity contribution in [3.8, 4) is 5.75 Å². The summed E-state index contributed by atoms with van der Waals surface area (Å²) in [6.07, 6.45) is 1.08. The number of carbonyl (C=O) groups excluding carboxylic acids is 1. The zero-order chi connectivity index (χ0) is 21.8. The zero-order valence-electron chi connectivity index (χ0n) is 17.3. The van der Waals surface area contributed by atoms with E-state index in [1.807, 2.05) is 38.1 Å². The van der Waals surface area contributed by atoms with E-state index in [-0.39, 0.29) is 6.04 Å². The first-order valence-electron chi connectivity index (χ1n) is 9.33. The summed E-state index contributed by atoms with van der Waals surface area (Å²) < 4.78 is 31.5. The Morgan fingerprint density at radius 2 is 1.79 bits per heavy atom. The van der Waals surface area contributed by atoms with Crippen LogP contribution in [-0.4, -0.2) is 33.2 Å². The molecule has 158 valence electrons. The lowest BCUT2D eigenvalue weighted by Crippen LogP contribution is -2.48. The molecule has 0 aliphatic heterocycles.